The number of rotatable bonds is 18. The maximum atomic E-state index is 12.7. The van der Waals surface area contributed by atoms with Crippen molar-refractivity contribution in [3.05, 3.63) is 140 Å². The lowest BCUT2D eigenvalue weighted by Crippen LogP contribution is -2.40. The number of benzene rings is 4. The molecular formula is C44H47N7O13. The van der Waals surface area contributed by atoms with Gasteiger partial charge in [-0.05, 0) is 102 Å². The van der Waals surface area contributed by atoms with Gasteiger partial charge in [0.05, 0.1) is 47.5 Å². The molecule has 0 radical (unpaired) electrons. The SMILES string of the molecule is NCC(=O)Nc1cc(CO)ccc1OCc1ccc([N+](=O)[O-])cc1.O=C(CNC(=O)C1CCC(CN2C(=O)C=CC2=O)CC1)Nc1cc(CO)ccc1OCc1ccc([N+](=O)[O-])cc1. The number of non-ortho nitro benzene ring substituents is 2. The van der Waals surface area contributed by atoms with Crippen LogP contribution >= 0.6 is 0 Å². The molecule has 20 nitrogen and oxygen atoms in total. The fraction of sp³-hybridized carbons (Fsp3) is 0.295. The van der Waals surface area contributed by atoms with E-state index < -0.39 is 15.8 Å². The first-order valence-corrected chi connectivity index (χ1v) is 20.1. The zero-order chi connectivity index (χ0) is 46.2. The molecule has 0 spiro atoms. The van der Waals surface area contributed by atoms with E-state index in [0.717, 1.165) is 5.56 Å². The van der Waals surface area contributed by atoms with Crippen LogP contribution < -0.4 is 31.2 Å². The number of aliphatic hydroxyl groups is 2. The molecule has 5 amide bonds. The summed E-state index contributed by atoms with van der Waals surface area (Å²) in [5.41, 5.74) is 8.56. The first-order chi connectivity index (χ1) is 30.8. The standard InChI is InChI=1S/C28H30N4O8.C16H17N3O5/c33-16-20-5-10-24(40-17-19-3-8-22(9-4-19)32(38)39)23(13-20)30-25(34)14-29-28(37)21-6-1-18(2-7-21)15-31-26(35)11-12-27(31)36;17-8-16(21)18-14-7-12(9-20)3-6-15(14)24-10-11-1-4-13(5-2-11)19(22)23/h3-5,8-13,18,21,33H,1-2,6-7,14-17H2,(H,29,37)(H,30,34);1-7,20H,8-10,17H2,(H,18,21). The number of amides is 5. The smallest absolute Gasteiger partial charge is 0.269 e. The van der Waals surface area contributed by atoms with E-state index in [1.54, 1.807) is 60.7 Å². The van der Waals surface area contributed by atoms with E-state index in [0.29, 0.717) is 71.8 Å². The average molecular weight is 882 g/mol. The van der Waals surface area contributed by atoms with Gasteiger partial charge in [-0.25, -0.2) is 0 Å². The average Bonchev–Trinajstić information content (AvgIpc) is 3.62. The van der Waals surface area contributed by atoms with Crippen molar-refractivity contribution < 1.29 is 53.5 Å². The Bertz CT molecular complexity index is 2350. The van der Waals surface area contributed by atoms with Gasteiger partial charge in [0.25, 0.3) is 23.2 Å². The summed E-state index contributed by atoms with van der Waals surface area (Å²) in [4.78, 5) is 82.1. The number of anilines is 2. The van der Waals surface area contributed by atoms with E-state index in [2.05, 4.69) is 16.0 Å². The Morgan fingerprint density at radius 2 is 1.11 bits per heavy atom. The van der Waals surface area contributed by atoms with Crippen molar-refractivity contribution in [2.24, 2.45) is 17.6 Å². The Labute approximate surface area is 366 Å². The molecule has 1 heterocycles. The van der Waals surface area contributed by atoms with Crippen LogP contribution in [0.5, 0.6) is 11.5 Å². The van der Waals surface area contributed by atoms with Crippen molar-refractivity contribution in [2.45, 2.75) is 52.1 Å². The Kier molecular flexibility index (Phi) is 17.1. The van der Waals surface area contributed by atoms with Crippen molar-refractivity contribution in [1.82, 2.24) is 10.2 Å². The largest absolute Gasteiger partial charge is 0.487 e. The lowest BCUT2D eigenvalue weighted by Gasteiger charge is -2.29. The lowest BCUT2D eigenvalue weighted by molar-refractivity contribution is -0.385. The van der Waals surface area contributed by atoms with E-state index in [9.17, 15) is 54.4 Å². The minimum atomic E-state index is -0.491. The van der Waals surface area contributed by atoms with E-state index in [4.69, 9.17) is 15.2 Å². The van der Waals surface area contributed by atoms with Crippen molar-refractivity contribution in [3.8, 4) is 11.5 Å². The van der Waals surface area contributed by atoms with Gasteiger partial charge in [0, 0.05) is 48.9 Å². The molecule has 0 unspecified atom stereocenters. The van der Waals surface area contributed by atoms with Crippen LogP contribution in [0.25, 0.3) is 0 Å². The molecule has 0 bridgehead atoms. The molecule has 0 saturated heterocycles. The number of carbonyl (C=O) groups is 5. The van der Waals surface area contributed by atoms with Gasteiger partial charge in [-0.15, -0.1) is 0 Å². The van der Waals surface area contributed by atoms with Crippen molar-refractivity contribution >= 4 is 52.3 Å². The second-order valence-electron chi connectivity index (χ2n) is 14.8. The number of nitrogens with zero attached hydrogens (tertiary/aromatic N) is 3. The van der Waals surface area contributed by atoms with Gasteiger partial charge < -0.3 is 41.4 Å². The van der Waals surface area contributed by atoms with Gasteiger partial charge in [-0.2, -0.15) is 0 Å². The lowest BCUT2D eigenvalue weighted by atomic mass is 9.81. The summed E-state index contributed by atoms with van der Waals surface area (Å²) >= 11 is 0. The molecular weight excluding hydrogens is 835 g/mol. The third-order valence-corrected chi connectivity index (χ3v) is 10.3. The van der Waals surface area contributed by atoms with Crippen LogP contribution in [0.1, 0.15) is 47.9 Å². The fourth-order valence-corrected chi connectivity index (χ4v) is 6.73. The van der Waals surface area contributed by atoms with E-state index in [1.807, 2.05) is 0 Å². The molecule has 0 aromatic heterocycles. The second kappa shape index (κ2) is 23.1. The minimum Gasteiger partial charge on any atom is -0.487 e. The molecule has 1 fully saturated rings. The van der Waals surface area contributed by atoms with Gasteiger partial charge >= 0.3 is 0 Å². The van der Waals surface area contributed by atoms with Crippen LogP contribution in [0, 0.1) is 32.1 Å². The summed E-state index contributed by atoms with van der Waals surface area (Å²) in [6, 6.07) is 21.6. The summed E-state index contributed by atoms with van der Waals surface area (Å²) in [6.45, 7) is -0.243. The number of aliphatic hydroxyl groups excluding tert-OH is 2. The van der Waals surface area contributed by atoms with Crippen LogP contribution in [0.4, 0.5) is 22.7 Å². The van der Waals surface area contributed by atoms with Crippen molar-refractivity contribution in [1.29, 1.82) is 0 Å². The highest BCUT2D eigenvalue weighted by molar-refractivity contribution is 6.12. The summed E-state index contributed by atoms with van der Waals surface area (Å²) in [6.07, 6.45) is 5.12. The molecule has 1 aliphatic carbocycles. The Morgan fingerprint density at radius 1 is 0.672 bits per heavy atom. The van der Waals surface area contributed by atoms with Crippen LogP contribution in [0.3, 0.4) is 0 Å². The number of hydrogen-bond donors (Lipinski definition) is 6. The van der Waals surface area contributed by atoms with Crippen molar-refractivity contribution in [2.75, 3.05) is 30.3 Å². The highest BCUT2D eigenvalue weighted by Crippen LogP contribution is 2.31. The van der Waals surface area contributed by atoms with Crippen LogP contribution in [0.2, 0.25) is 0 Å². The minimum absolute atomic E-state index is 0.00180. The normalized spacial score (nSPS) is 15.4. The summed E-state index contributed by atoms with van der Waals surface area (Å²) in [5, 5.41) is 48.1. The molecule has 4 aromatic rings. The number of carbonyl (C=O) groups excluding carboxylic acids is 5. The highest BCUT2D eigenvalue weighted by atomic mass is 16.6. The van der Waals surface area contributed by atoms with E-state index >= 15 is 0 Å². The topological polar surface area (TPSA) is 296 Å². The summed E-state index contributed by atoms with van der Waals surface area (Å²) in [5.74, 6) is -1.08. The van der Waals surface area contributed by atoms with Gasteiger partial charge in [0.1, 0.15) is 24.7 Å². The molecule has 1 saturated carbocycles. The van der Waals surface area contributed by atoms with E-state index in [1.165, 1.54) is 41.3 Å². The second-order valence-corrected chi connectivity index (χ2v) is 14.8. The number of nitro benzene ring substituents is 2. The zero-order valence-electron chi connectivity index (χ0n) is 34.5. The number of nitrogens with two attached hydrogens (primary N) is 1. The number of ether oxygens (including phenoxy) is 2. The number of imide groups is 1. The number of nitro groups is 2. The number of nitrogens with one attached hydrogen (secondary N) is 3. The molecule has 4 aromatic carbocycles. The molecule has 0 atom stereocenters. The molecule has 1 aliphatic heterocycles. The predicted octanol–water partition coefficient (Wildman–Crippen LogP) is 4.02. The third kappa shape index (κ3) is 13.7. The van der Waals surface area contributed by atoms with Gasteiger partial charge in [0.2, 0.25) is 17.7 Å². The maximum absolute atomic E-state index is 12.7. The first-order valence-electron chi connectivity index (χ1n) is 20.1. The van der Waals surface area contributed by atoms with E-state index in [-0.39, 0.29) is 86.4 Å². The first kappa shape index (κ1) is 47.5. The molecule has 64 heavy (non-hydrogen) atoms. The quantitative estimate of drug-likeness (QED) is 0.0468. The molecule has 7 N–H and O–H groups in total. The van der Waals surface area contributed by atoms with Crippen LogP contribution in [-0.4, -0.2) is 74.1 Å². The molecule has 6 rings (SSSR count). The Morgan fingerprint density at radius 3 is 1.53 bits per heavy atom. The van der Waals surface area contributed by atoms with Crippen LogP contribution in [0.15, 0.2) is 97.1 Å². The van der Waals surface area contributed by atoms with Gasteiger partial charge in [0.15, 0.2) is 0 Å². The van der Waals surface area contributed by atoms with Gasteiger partial charge in [-0.3, -0.25) is 49.1 Å². The van der Waals surface area contributed by atoms with Crippen molar-refractivity contribution in [3.63, 3.8) is 0 Å². The Balaban J connectivity index is 0.000000274. The molecule has 336 valence electrons. The molecule has 20 heteroatoms. The highest BCUT2D eigenvalue weighted by Gasteiger charge is 2.31. The predicted molar refractivity (Wildman–Crippen MR) is 230 cm³/mol. The van der Waals surface area contributed by atoms with Crippen LogP contribution in [-0.2, 0) is 50.4 Å². The summed E-state index contributed by atoms with van der Waals surface area (Å²) in [7, 11) is 0. The monoisotopic (exact) mass is 881 g/mol. The number of hydrogen-bond acceptors (Lipinski definition) is 14. The zero-order valence-corrected chi connectivity index (χ0v) is 34.5. The third-order valence-electron chi connectivity index (χ3n) is 10.3. The van der Waals surface area contributed by atoms with Gasteiger partial charge in [-0.1, -0.05) is 12.1 Å². The Hall–Kier alpha value is -7.55. The fourth-order valence-electron chi connectivity index (χ4n) is 6.73. The maximum Gasteiger partial charge on any atom is 0.269 e. The molecule has 2 aliphatic rings. The summed E-state index contributed by atoms with van der Waals surface area (Å²) < 4.78 is 11.5.